The maximum Gasteiger partial charge on any atom is 0.250 e. The monoisotopic (exact) mass is 245 g/mol. The van der Waals surface area contributed by atoms with E-state index < -0.39 is 5.91 Å². The Morgan fingerprint density at radius 1 is 1.33 bits per heavy atom. The number of aromatic nitrogens is 2. The average molecular weight is 245 g/mol. The summed E-state index contributed by atoms with van der Waals surface area (Å²) < 4.78 is 0. The smallest absolute Gasteiger partial charge is 0.250 e. The number of piperazine rings is 1. The molecule has 6 heteroatoms. The van der Waals surface area contributed by atoms with Gasteiger partial charge in [-0.05, 0) is 12.1 Å². The van der Waals surface area contributed by atoms with Crippen LogP contribution >= 0.6 is 0 Å². The van der Waals surface area contributed by atoms with Crippen molar-refractivity contribution in [2.45, 2.75) is 0 Å². The first kappa shape index (κ1) is 11.0. The van der Waals surface area contributed by atoms with Crippen LogP contribution in [0.25, 0.3) is 10.9 Å². The van der Waals surface area contributed by atoms with Crippen LogP contribution in [-0.2, 0) is 0 Å². The molecule has 1 saturated heterocycles. The molecule has 1 fully saturated rings. The normalized spacial score (nSPS) is 16.1. The third kappa shape index (κ3) is 1.70. The Labute approximate surface area is 104 Å². The number of rotatable bonds is 2. The van der Waals surface area contributed by atoms with Crippen molar-refractivity contribution in [3.63, 3.8) is 0 Å². The number of H-pyrrole nitrogens is 1. The van der Waals surface area contributed by atoms with Crippen LogP contribution in [-0.4, -0.2) is 42.3 Å². The molecule has 4 N–H and O–H groups in total. The minimum absolute atomic E-state index is 0.434. The highest BCUT2D eigenvalue weighted by atomic mass is 16.1. The molecule has 1 aliphatic rings. The molecule has 1 amide bonds. The maximum absolute atomic E-state index is 11.4. The third-order valence-corrected chi connectivity index (χ3v) is 3.32. The summed E-state index contributed by atoms with van der Waals surface area (Å²) in [6.45, 7) is 3.85. The molecule has 0 bridgehead atoms. The molecule has 1 aromatic heterocycles. The molecule has 0 aliphatic carbocycles. The summed E-state index contributed by atoms with van der Waals surface area (Å²) in [5.41, 5.74) is 7.67. The molecule has 6 nitrogen and oxygen atoms in total. The van der Waals surface area contributed by atoms with Crippen LogP contribution in [0.5, 0.6) is 0 Å². The lowest BCUT2D eigenvalue weighted by molar-refractivity contribution is 0.100. The van der Waals surface area contributed by atoms with Crippen molar-refractivity contribution in [1.29, 1.82) is 0 Å². The third-order valence-electron chi connectivity index (χ3n) is 3.32. The van der Waals surface area contributed by atoms with Crippen molar-refractivity contribution in [1.82, 2.24) is 15.5 Å². The molecule has 2 aromatic rings. The van der Waals surface area contributed by atoms with Gasteiger partial charge in [-0.25, -0.2) is 0 Å². The molecule has 94 valence electrons. The van der Waals surface area contributed by atoms with Crippen LogP contribution in [0, 0.1) is 0 Å². The number of aromatic amines is 1. The summed E-state index contributed by atoms with van der Waals surface area (Å²) >= 11 is 0. The summed E-state index contributed by atoms with van der Waals surface area (Å²) in [5.74, 6) is -0.434. The molecule has 0 radical (unpaired) electrons. The van der Waals surface area contributed by atoms with E-state index in [1.807, 2.05) is 6.07 Å². The van der Waals surface area contributed by atoms with Gasteiger partial charge in [-0.1, -0.05) is 0 Å². The molecular formula is C12H15N5O. The highest BCUT2D eigenvalue weighted by molar-refractivity contribution is 6.08. The molecule has 0 atom stereocenters. The zero-order valence-electron chi connectivity index (χ0n) is 9.94. The number of amides is 1. The number of carbonyl (C=O) groups excluding carboxylic acids is 1. The molecule has 18 heavy (non-hydrogen) atoms. The Kier molecular flexibility index (Phi) is 2.64. The van der Waals surface area contributed by atoms with Gasteiger partial charge in [-0.15, -0.1) is 0 Å². The fraction of sp³-hybridized carbons (Fsp3) is 0.333. The minimum atomic E-state index is -0.434. The first-order valence-corrected chi connectivity index (χ1v) is 5.99. The highest BCUT2D eigenvalue weighted by Gasteiger charge is 2.17. The molecule has 1 aliphatic heterocycles. The summed E-state index contributed by atoms with van der Waals surface area (Å²) in [6, 6.07) is 3.71. The molecule has 1 aromatic carbocycles. The first-order chi connectivity index (χ1) is 8.77. The number of hydrogen-bond acceptors (Lipinski definition) is 4. The Balaban J connectivity index is 2.10. The van der Waals surface area contributed by atoms with E-state index in [9.17, 15) is 4.79 Å². The fourth-order valence-corrected chi connectivity index (χ4v) is 2.41. The van der Waals surface area contributed by atoms with Crippen LogP contribution in [0.2, 0.25) is 0 Å². The Bertz CT molecular complexity index is 585. The minimum Gasteiger partial charge on any atom is -0.368 e. The number of hydrogen-bond donors (Lipinski definition) is 3. The van der Waals surface area contributed by atoms with E-state index in [1.54, 1.807) is 12.3 Å². The topological polar surface area (TPSA) is 87.0 Å². The highest BCUT2D eigenvalue weighted by Crippen LogP contribution is 2.28. The van der Waals surface area contributed by atoms with Crippen LogP contribution in [0.1, 0.15) is 10.4 Å². The van der Waals surface area contributed by atoms with Gasteiger partial charge >= 0.3 is 0 Å². The number of nitrogens with zero attached hydrogens (tertiary/aromatic N) is 2. The molecule has 0 unspecified atom stereocenters. The van der Waals surface area contributed by atoms with E-state index in [2.05, 4.69) is 20.4 Å². The predicted octanol–water partition coefficient (Wildman–Crippen LogP) is 0.0714. The van der Waals surface area contributed by atoms with Crippen LogP contribution in [0.4, 0.5) is 5.69 Å². The lowest BCUT2D eigenvalue weighted by atomic mass is 10.1. The van der Waals surface area contributed by atoms with Gasteiger partial charge in [0.1, 0.15) is 0 Å². The molecular weight excluding hydrogens is 230 g/mol. The lowest BCUT2D eigenvalue weighted by Crippen LogP contribution is -2.43. The molecule has 0 spiro atoms. The number of primary amides is 1. The largest absolute Gasteiger partial charge is 0.368 e. The van der Waals surface area contributed by atoms with Gasteiger partial charge in [-0.3, -0.25) is 9.89 Å². The Morgan fingerprint density at radius 3 is 2.83 bits per heavy atom. The number of fused-ring (bicyclic) bond motifs is 1. The van der Waals surface area contributed by atoms with Gasteiger partial charge < -0.3 is 16.0 Å². The Morgan fingerprint density at radius 2 is 2.11 bits per heavy atom. The van der Waals surface area contributed by atoms with Crippen molar-refractivity contribution in [2.24, 2.45) is 5.73 Å². The zero-order chi connectivity index (χ0) is 12.5. The van der Waals surface area contributed by atoms with Crippen LogP contribution in [0.3, 0.4) is 0 Å². The van der Waals surface area contributed by atoms with Gasteiger partial charge in [0.2, 0.25) is 0 Å². The summed E-state index contributed by atoms with van der Waals surface area (Å²) in [5, 5.41) is 11.1. The predicted molar refractivity (Wildman–Crippen MR) is 69.7 cm³/mol. The average Bonchev–Trinajstić information content (AvgIpc) is 2.87. The second-order valence-electron chi connectivity index (χ2n) is 4.39. The van der Waals surface area contributed by atoms with Crippen LogP contribution < -0.4 is 16.0 Å². The number of carbonyl (C=O) groups is 1. The van der Waals surface area contributed by atoms with Crippen molar-refractivity contribution >= 4 is 22.5 Å². The van der Waals surface area contributed by atoms with E-state index in [-0.39, 0.29) is 0 Å². The molecule has 2 heterocycles. The molecule has 3 rings (SSSR count). The van der Waals surface area contributed by atoms with Crippen molar-refractivity contribution in [2.75, 3.05) is 31.1 Å². The van der Waals surface area contributed by atoms with Gasteiger partial charge in [-0.2, -0.15) is 5.10 Å². The second-order valence-corrected chi connectivity index (χ2v) is 4.39. The van der Waals surface area contributed by atoms with Gasteiger partial charge in [0, 0.05) is 37.3 Å². The van der Waals surface area contributed by atoms with E-state index in [0.717, 1.165) is 42.8 Å². The van der Waals surface area contributed by atoms with Gasteiger partial charge in [0.15, 0.2) is 0 Å². The van der Waals surface area contributed by atoms with Gasteiger partial charge in [0.25, 0.3) is 5.91 Å². The fourth-order valence-electron chi connectivity index (χ4n) is 2.41. The summed E-state index contributed by atoms with van der Waals surface area (Å²) in [4.78, 5) is 13.6. The van der Waals surface area contributed by atoms with E-state index in [4.69, 9.17) is 5.73 Å². The summed E-state index contributed by atoms with van der Waals surface area (Å²) in [6.07, 6.45) is 1.75. The van der Waals surface area contributed by atoms with Crippen molar-refractivity contribution < 1.29 is 4.79 Å². The van der Waals surface area contributed by atoms with E-state index >= 15 is 0 Å². The van der Waals surface area contributed by atoms with Crippen LogP contribution in [0.15, 0.2) is 18.3 Å². The Hall–Kier alpha value is -2.08. The number of benzene rings is 1. The van der Waals surface area contributed by atoms with Crippen molar-refractivity contribution in [3.05, 3.63) is 23.9 Å². The number of nitrogens with one attached hydrogen (secondary N) is 2. The summed E-state index contributed by atoms with van der Waals surface area (Å²) in [7, 11) is 0. The second kappa shape index (κ2) is 4.30. The zero-order valence-corrected chi connectivity index (χ0v) is 9.94. The quantitative estimate of drug-likeness (QED) is 0.699. The van der Waals surface area contributed by atoms with Crippen molar-refractivity contribution in [3.8, 4) is 0 Å². The maximum atomic E-state index is 11.4. The van der Waals surface area contributed by atoms with Gasteiger partial charge in [0.05, 0.1) is 17.3 Å². The number of nitrogens with two attached hydrogens (primary N) is 1. The number of anilines is 1. The van der Waals surface area contributed by atoms with E-state index in [0.29, 0.717) is 5.56 Å². The molecule has 0 saturated carbocycles. The SMILES string of the molecule is NC(=O)c1ccc(N2CCNCC2)c2cn[nH]c12. The first-order valence-electron chi connectivity index (χ1n) is 5.99. The standard InChI is InChI=1S/C12H15N5O/c13-12(18)8-1-2-10(9-7-15-16-11(8)9)17-5-3-14-4-6-17/h1-2,7,14H,3-6H2,(H2,13,18)(H,15,16). The van der Waals surface area contributed by atoms with E-state index in [1.165, 1.54) is 0 Å². The lowest BCUT2D eigenvalue weighted by Gasteiger charge is -2.30.